The lowest BCUT2D eigenvalue weighted by Crippen LogP contribution is -2.12. The molecule has 0 unspecified atom stereocenters. The van der Waals surface area contributed by atoms with Gasteiger partial charge in [-0.3, -0.25) is 0 Å². The van der Waals surface area contributed by atoms with Crippen LogP contribution in [0, 0.1) is 0 Å². The summed E-state index contributed by atoms with van der Waals surface area (Å²) >= 11 is 0. The largest absolute Gasteiger partial charge is 0.456 e. The average Bonchev–Trinajstić information content (AvgIpc) is 2.89. The van der Waals surface area contributed by atoms with Crippen molar-refractivity contribution in [2.45, 2.75) is 0 Å². The third-order valence-corrected chi connectivity index (χ3v) is 3.28. The van der Waals surface area contributed by atoms with Crippen molar-refractivity contribution in [3.8, 4) is 0 Å². The van der Waals surface area contributed by atoms with Crippen LogP contribution in [-0.2, 0) is 0 Å². The molecule has 0 aliphatic rings. The Hall–Kier alpha value is -2.64. The van der Waals surface area contributed by atoms with Crippen LogP contribution in [0.1, 0.15) is 11.1 Å². The van der Waals surface area contributed by atoms with Gasteiger partial charge >= 0.3 is 0 Å². The average molecular weight is 357 g/mol. The van der Waals surface area contributed by atoms with E-state index in [0.717, 1.165) is 10.8 Å². The lowest BCUT2D eigenvalue weighted by Gasteiger charge is -1.98. The molecule has 0 fully saturated rings. The third kappa shape index (κ3) is 3.10. The molecule has 9 heteroatoms. The second-order valence-electron chi connectivity index (χ2n) is 4.49. The molecule has 0 spiro atoms. The molecule has 0 amide bonds. The van der Waals surface area contributed by atoms with Gasteiger partial charge < -0.3 is 26.3 Å². The maximum Gasteiger partial charge on any atom is 0.170 e. The number of oxime groups is 2. The van der Waals surface area contributed by atoms with Crippen LogP contribution < -0.4 is 11.5 Å². The van der Waals surface area contributed by atoms with Crippen molar-refractivity contribution in [1.29, 1.82) is 0 Å². The van der Waals surface area contributed by atoms with Crippen LogP contribution in [0.25, 0.3) is 21.9 Å². The molecule has 1 aromatic heterocycles. The molecule has 0 radical (unpaired) electrons. The summed E-state index contributed by atoms with van der Waals surface area (Å²) in [7, 11) is 0. The minimum Gasteiger partial charge on any atom is -0.456 e. The molecule has 0 bridgehead atoms. The predicted octanol–water partition coefficient (Wildman–Crippen LogP) is 2.62. The number of fused-ring (bicyclic) bond motifs is 3. The van der Waals surface area contributed by atoms with Crippen LogP contribution in [0.5, 0.6) is 0 Å². The van der Waals surface area contributed by atoms with Gasteiger partial charge in [-0.15, -0.1) is 24.8 Å². The van der Waals surface area contributed by atoms with E-state index in [9.17, 15) is 0 Å². The number of nitrogens with two attached hydrogens (primary N) is 2. The highest BCUT2D eigenvalue weighted by Crippen LogP contribution is 2.30. The molecule has 7 nitrogen and oxygen atoms in total. The Morgan fingerprint density at radius 2 is 1.17 bits per heavy atom. The lowest BCUT2D eigenvalue weighted by molar-refractivity contribution is 0.318. The maximum absolute atomic E-state index is 8.71. The highest BCUT2D eigenvalue weighted by atomic mass is 35.5. The fourth-order valence-electron chi connectivity index (χ4n) is 2.21. The number of rotatable bonds is 2. The van der Waals surface area contributed by atoms with E-state index in [1.807, 2.05) is 12.1 Å². The van der Waals surface area contributed by atoms with Crippen molar-refractivity contribution in [2.24, 2.45) is 21.8 Å². The van der Waals surface area contributed by atoms with Crippen LogP contribution in [-0.4, -0.2) is 22.1 Å². The number of furan rings is 1. The summed E-state index contributed by atoms with van der Waals surface area (Å²) in [5.74, 6) is 0.0180. The van der Waals surface area contributed by atoms with Gasteiger partial charge in [0.05, 0.1) is 0 Å². The predicted molar refractivity (Wildman–Crippen MR) is 93.2 cm³/mol. The number of amidine groups is 2. The standard InChI is InChI=1S/C14H12N4O3.2ClH/c15-13(17-19)7-1-3-9-10-4-2-8(14(16)18-20)6-12(10)21-11(9)5-7;;/h1-6,19-20H,(H2,15,17)(H2,16,18);2*1H. The van der Waals surface area contributed by atoms with Gasteiger partial charge in [0.15, 0.2) is 11.7 Å². The minimum absolute atomic E-state index is 0. The minimum atomic E-state index is 0. The molecule has 122 valence electrons. The third-order valence-electron chi connectivity index (χ3n) is 3.28. The Morgan fingerprint density at radius 3 is 1.52 bits per heavy atom. The molecule has 23 heavy (non-hydrogen) atoms. The number of hydrogen-bond acceptors (Lipinski definition) is 5. The van der Waals surface area contributed by atoms with E-state index >= 15 is 0 Å². The number of hydrogen-bond donors (Lipinski definition) is 4. The number of nitrogens with zero attached hydrogens (tertiary/aromatic N) is 2. The van der Waals surface area contributed by atoms with E-state index in [1.165, 1.54) is 0 Å². The van der Waals surface area contributed by atoms with Gasteiger partial charge in [0.2, 0.25) is 0 Å². The monoisotopic (exact) mass is 356 g/mol. The highest BCUT2D eigenvalue weighted by molar-refractivity contribution is 6.10. The van der Waals surface area contributed by atoms with Crippen molar-refractivity contribution in [3.63, 3.8) is 0 Å². The first kappa shape index (κ1) is 18.4. The first-order valence-corrected chi connectivity index (χ1v) is 6.06. The molecule has 0 aliphatic heterocycles. The van der Waals surface area contributed by atoms with Crippen LogP contribution in [0.2, 0.25) is 0 Å². The molecule has 3 aromatic rings. The van der Waals surface area contributed by atoms with Crippen molar-refractivity contribution in [1.82, 2.24) is 0 Å². The second-order valence-corrected chi connectivity index (χ2v) is 4.49. The molecular formula is C14H14Cl2N4O3. The fraction of sp³-hybridized carbons (Fsp3) is 0. The summed E-state index contributed by atoms with van der Waals surface area (Å²) in [5, 5.41) is 25.1. The fourth-order valence-corrected chi connectivity index (χ4v) is 2.21. The first-order chi connectivity index (χ1) is 10.1. The van der Waals surface area contributed by atoms with Gasteiger partial charge in [-0.1, -0.05) is 22.4 Å². The van der Waals surface area contributed by atoms with E-state index in [1.54, 1.807) is 24.3 Å². The van der Waals surface area contributed by atoms with Gasteiger partial charge in [0.25, 0.3) is 0 Å². The van der Waals surface area contributed by atoms with Crippen molar-refractivity contribution in [2.75, 3.05) is 0 Å². The van der Waals surface area contributed by atoms with E-state index in [2.05, 4.69) is 10.3 Å². The molecule has 0 saturated carbocycles. The summed E-state index contributed by atoms with van der Waals surface area (Å²) in [5.41, 5.74) is 13.4. The maximum atomic E-state index is 8.71. The quantitative estimate of drug-likeness (QED) is 0.242. The van der Waals surface area contributed by atoms with Crippen LogP contribution >= 0.6 is 24.8 Å². The summed E-state index contributed by atoms with van der Waals surface area (Å²) in [6, 6.07) is 10.5. The lowest BCUT2D eigenvalue weighted by atomic mass is 10.1. The second kappa shape index (κ2) is 7.08. The van der Waals surface area contributed by atoms with E-state index < -0.39 is 0 Å². The molecule has 3 rings (SSSR count). The molecule has 0 atom stereocenters. The number of halogens is 2. The zero-order chi connectivity index (χ0) is 15.0. The van der Waals surface area contributed by atoms with Gasteiger partial charge in [-0.25, -0.2) is 0 Å². The Morgan fingerprint density at radius 1 is 0.783 bits per heavy atom. The summed E-state index contributed by atoms with van der Waals surface area (Å²) in [6.07, 6.45) is 0. The Bertz CT molecular complexity index is 833. The van der Waals surface area contributed by atoms with Gasteiger partial charge in [0.1, 0.15) is 11.2 Å². The first-order valence-electron chi connectivity index (χ1n) is 6.06. The number of benzene rings is 2. The van der Waals surface area contributed by atoms with Gasteiger partial charge in [0, 0.05) is 21.9 Å². The van der Waals surface area contributed by atoms with Crippen molar-refractivity contribution in [3.05, 3.63) is 47.5 Å². The van der Waals surface area contributed by atoms with Crippen LogP contribution in [0.15, 0.2) is 51.1 Å². The van der Waals surface area contributed by atoms with Crippen molar-refractivity contribution >= 4 is 58.4 Å². The van der Waals surface area contributed by atoms with Crippen LogP contribution in [0.3, 0.4) is 0 Å². The Labute approximate surface area is 143 Å². The zero-order valence-corrected chi connectivity index (χ0v) is 13.3. The highest BCUT2D eigenvalue weighted by Gasteiger charge is 2.11. The van der Waals surface area contributed by atoms with Crippen molar-refractivity contribution < 1.29 is 14.8 Å². The van der Waals surface area contributed by atoms with Gasteiger partial charge in [-0.05, 0) is 24.3 Å². The Kier molecular flexibility index (Phi) is 5.67. The summed E-state index contributed by atoms with van der Waals surface area (Å²) < 4.78 is 5.74. The molecule has 0 aliphatic carbocycles. The van der Waals surface area contributed by atoms with Crippen LogP contribution in [0.4, 0.5) is 0 Å². The van der Waals surface area contributed by atoms with E-state index in [0.29, 0.717) is 22.3 Å². The van der Waals surface area contributed by atoms with E-state index in [4.69, 9.17) is 26.3 Å². The summed E-state index contributed by atoms with van der Waals surface area (Å²) in [6.45, 7) is 0. The smallest absolute Gasteiger partial charge is 0.170 e. The molecule has 0 saturated heterocycles. The van der Waals surface area contributed by atoms with Gasteiger partial charge in [-0.2, -0.15) is 0 Å². The Balaban J connectivity index is 0.00000132. The SMILES string of the molecule is Cl.Cl.NC(=NO)c1ccc2c(c1)oc1cc(C(N)=NO)ccc12. The summed E-state index contributed by atoms with van der Waals surface area (Å²) in [4.78, 5) is 0. The molecule has 6 N–H and O–H groups in total. The molecular weight excluding hydrogens is 343 g/mol. The topological polar surface area (TPSA) is 130 Å². The zero-order valence-electron chi connectivity index (χ0n) is 11.6. The molecule has 1 heterocycles. The van der Waals surface area contributed by atoms with E-state index in [-0.39, 0.29) is 36.5 Å². The molecule has 2 aromatic carbocycles. The normalized spacial score (nSPS) is 12.0.